The fraction of sp³-hybridized carbons (Fsp3) is 0.233. The van der Waals surface area contributed by atoms with Gasteiger partial charge in [-0.25, -0.2) is 15.0 Å². The van der Waals surface area contributed by atoms with Crippen molar-refractivity contribution in [2.24, 2.45) is 0 Å². The minimum absolute atomic E-state index is 0.448. The zero-order chi connectivity index (χ0) is 25.2. The minimum atomic E-state index is 0.448. The number of rotatable bonds is 6. The molecule has 186 valence electrons. The Morgan fingerprint density at radius 1 is 0.919 bits per heavy atom. The Balaban J connectivity index is 1.38. The van der Waals surface area contributed by atoms with Crippen molar-refractivity contribution < 1.29 is 0 Å². The molecule has 6 rings (SSSR count). The van der Waals surface area contributed by atoms with E-state index < -0.39 is 0 Å². The number of nitrogens with one attached hydrogen (secondary N) is 1. The van der Waals surface area contributed by atoms with Crippen LogP contribution in [-0.2, 0) is 6.54 Å². The van der Waals surface area contributed by atoms with E-state index in [1.807, 2.05) is 36.5 Å². The molecule has 3 N–H and O–H groups in total. The molecule has 0 spiro atoms. The molecule has 1 saturated heterocycles. The Bertz CT molecular complexity index is 1500. The lowest BCUT2D eigenvalue weighted by Gasteiger charge is -2.31. The van der Waals surface area contributed by atoms with Crippen LogP contribution in [0.3, 0.4) is 0 Å². The Morgan fingerprint density at radius 2 is 1.70 bits per heavy atom. The topological polar surface area (TPSA) is 84.9 Å². The van der Waals surface area contributed by atoms with Crippen molar-refractivity contribution in [3.8, 4) is 28.2 Å². The van der Waals surface area contributed by atoms with Gasteiger partial charge in [-0.1, -0.05) is 42.5 Å². The van der Waals surface area contributed by atoms with Gasteiger partial charge in [-0.05, 0) is 74.4 Å². The highest BCUT2D eigenvalue weighted by Gasteiger charge is 2.20. The summed E-state index contributed by atoms with van der Waals surface area (Å²) in [6.07, 6.45) is 6.01. The van der Waals surface area contributed by atoms with Crippen molar-refractivity contribution in [1.82, 2.24) is 29.7 Å². The van der Waals surface area contributed by atoms with Crippen LogP contribution in [0.4, 0.5) is 5.82 Å². The van der Waals surface area contributed by atoms with Gasteiger partial charge in [0.15, 0.2) is 11.5 Å². The first kappa shape index (κ1) is 23.3. The smallest absolute Gasteiger partial charge is 0.164 e. The lowest BCUT2D eigenvalue weighted by Crippen LogP contribution is -2.40. The number of nitrogens with two attached hydrogens (primary N) is 1. The third-order valence-corrected chi connectivity index (χ3v) is 7.28. The van der Waals surface area contributed by atoms with E-state index in [1.165, 1.54) is 18.4 Å². The molecule has 2 aromatic carbocycles. The molecule has 0 amide bonds. The van der Waals surface area contributed by atoms with Crippen LogP contribution in [0.1, 0.15) is 18.4 Å². The van der Waals surface area contributed by atoms with Crippen LogP contribution in [0.5, 0.6) is 0 Å². The summed E-state index contributed by atoms with van der Waals surface area (Å²) in [4.78, 5) is 16.7. The standard InChI is InChI=1S/C30H31N7/c1-32-24-13-16-36(17-14-24)20-21-9-11-25(12-10-21)37-29(26-8-5-15-33-28(26)31)35-27-18-23(19-34-30(27)37)22-6-3-2-4-7-22/h2-12,15,18-19,24,32H,13-14,16-17,20H2,1H3,(H2,31,33). The molecule has 1 aliphatic rings. The highest BCUT2D eigenvalue weighted by atomic mass is 15.1. The van der Waals surface area contributed by atoms with Crippen molar-refractivity contribution in [3.63, 3.8) is 0 Å². The highest BCUT2D eigenvalue weighted by molar-refractivity contribution is 5.85. The van der Waals surface area contributed by atoms with Gasteiger partial charge in [0.2, 0.25) is 0 Å². The maximum atomic E-state index is 6.30. The second kappa shape index (κ2) is 10.1. The van der Waals surface area contributed by atoms with Gasteiger partial charge in [0, 0.05) is 36.2 Å². The van der Waals surface area contributed by atoms with Gasteiger partial charge in [-0.3, -0.25) is 9.47 Å². The molecule has 7 heteroatoms. The number of likely N-dealkylation sites (tertiary alicyclic amines) is 1. The van der Waals surface area contributed by atoms with Crippen LogP contribution in [0.2, 0.25) is 0 Å². The second-order valence-corrected chi connectivity index (χ2v) is 9.65. The SMILES string of the molecule is CNC1CCN(Cc2ccc(-n3c(-c4cccnc4N)nc4cc(-c5ccccc5)cnc43)cc2)CC1. The van der Waals surface area contributed by atoms with Gasteiger partial charge in [-0.2, -0.15) is 0 Å². The average Bonchev–Trinajstić information content (AvgIpc) is 3.33. The number of pyridine rings is 2. The molecule has 37 heavy (non-hydrogen) atoms. The Kier molecular flexibility index (Phi) is 6.39. The molecule has 0 unspecified atom stereocenters. The molecule has 0 saturated carbocycles. The Labute approximate surface area is 217 Å². The van der Waals surface area contributed by atoms with Crippen molar-refractivity contribution in [3.05, 3.63) is 90.8 Å². The quantitative estimate of drug-likeness (QED) is 0.352. The number of hydrogen-bond donors (Lipinski definition) is 2. The van der Waals surface area contributed by atoms with Gasteiger partial charge >= 0.3 is 0 Å². The maximum absolute atomic E-state index is 6.30. The van der Waals surface area contributed by atoms with Crippen LogP contribution in [-0.4, -0.2) is 50.6 Å². The van der Waals surface area contributed by atoms with Gasteiger partial charge in [0.1, 0.15) is 11.3 Å². The maximum Gasteiger partial charge on any atom is 0.164 e. The zero-order valence-electron chi connectivity index (χ0n) is 21.0. The van der Waals surface area contributed by atoms with E-state index in [-0.39, 0.29) is 0 Å². The molecule has 5 aromatic rings. The van der Waals surface area contributed by atoms with Gasteiger partial charge in [0.25, 0.3) is 0 Å². The van der Waals surface area contributed by atoms with Crippen LogP contribution in [0.15, 0.2) is 85.2 Å². The molecule has 1 fully saturated rings. The number of nitrogens with zero attached hydrogens (tertiary/aromatic N) is 5. The number of hydrogen-bond acceptors (Lipinski definition) is 6. The predicted octanol–water partition coefficient (Wildman–Crippen LogP) is 4.92. The molecule has 4 heterocycles. The van der Waals surface area contributed by atoms with Crippen molar-refractivity contribution in [2.75, 3.05) is 25.9 Å². The number of piperidine rings is 1. The first-order valence-electron chi connectivity index (χ1n) is 12.8. The van der Waals surface area contributed by atoms with E-state index in [1.54, 1.807) is 6.20 Å². The largest absolute Gasteiger partial charge is 0.383 e. The summed E-state index contributed by atoms with van der Waals surface area (Å²) in [6.45, 7) is 3.21. The monoisotopic (exact) mass is 489 g/mol. The zero-order valence-corrected chi connectivity index (χ0v) is 21.0. The van der Waals surface area contributed by atoms with Crippen LogP contribution >= 0.6 is 0 Å². The number of fused-ring (bicyclic) bond motifs is 1. The molecule has 0 bridgehead atoms. The first-order chi connectivity index (χ1) is 18.2. The van der Waals surface area contributed by atoms with E-state index in [2.05, 4.69) is 69.3 Å². The van der Waals surface area contributed by atoms with Crippen molar-refractivity contribution >= 4 is 17.0 Å². The number of aromatic nitrogens is 4. The molecule has 0 radical (unpaired) electrons. The lowest BCUT2D eigenvalue weighted by molar-refractivity contribution is 0.194. The number of imidazole rings is 1. The molecule has 0 atom stereocenters. The molecular weight excluding hydrogens is 458 g/mol. The van der Waals surface area contributed by atoms with Crippen LogP contribution in [0, 0.1) is 0 Å². The van der Waals surface area contributed by atoms with Crippen LogP contribution in [0.25, 0.3) is 39.4 Å². The van der Waals surface area contributed by atoms with Gasteiger partial charge < -0.3 is 11.1 Å². The fourth-order valence-electron chi connectivity index (χ4n) is 5.17. The predicted molar refractivity (Wildman–Crippen MR) is 149 cm³/mol. The summed E-state index contributed by atoms with van der Waals surface area (Å²) in [7, 11) is 2.06. The number of benzene rings is 2. The fourth-order valence-corrected chi connectivity index (χ4v) is 5.17. The Hall–Kier alpha value is -4.07. The molecule has 3 aromatic heterocycles. The lowest BCUT2D eigenvalue weighted by atomic mass is 10.0. The van der Waals surface area contributed by atoms with Crippen molar-refractivity contribution in [2.45, 2.75) is 25.4 Å². The summed E-state index contributed by atoms with van der Waals surface area (Å²) in [5, 5.41) is 3.41. The van der Waals surface area contributed by atoms with E-state index >= 15 is 0 Å². The molecule has 0 aliphatic carbocycles. The summed E-state index contributed by atoms with van der Waals surface area (Å²) >= 11 is 0. The summed E-state index contributed by atoms with van der Waals surface area (Å²) in [5.74, 6) is 1.18. The van der Waals surface area contributed by atoms with E-state index in [4.69, 9.17) is 15.7 Å². The van der Waals surface area contributed by atoms with E-state index in [0.29, 0.717) is 11.9 Å². The summed E-state index contributed by atoms with van der Waals surface area (Å²) in [6, 6.07) is 25.5. The third-order valence-electron chi connectivity index (χ3n) is 7.28. The highest BCUT2D eigenvalue weighted by Crippen LogP contribution is 2.32. The van der Waals surface area contributed by atoms with Gasteiger partial charge in [-0.15, -0.1) is 0 Å². The molecule has 7 nitrogen and oxygen atoms in total. The van der Waals surface area contributed by atoms with E-state index in [9.17, 15) is 0 Å². The first-order valence-corrected chi connectivity index (χ1v) is 12.8. The number of nitrogen functional groups attached to an aromatic ring is 1. The van der Waals surface area contributed by atoms with Crippen LogP contribution < -0.4 is 11.1 Å². The van der Waals surface area contributed by atoms with Crippen molar-refractivity contribution in [1.29, 1.82) is 0 Å². The summed E-state index contributed by atoms with van der Waals surface area (Å²) in [5.41, 5.74) is 13.1. The second-order valence-electron chi connectivity index (χ2n) is 9.65. The Morgan fingerprint density at radius 3 is 2.43 bits per heavy atom. The third kappa shape index (κ3) is 4.71. The molecular formula is C30H31N7. The molecule has 1 aliphatic heterocycles. The normalized spacial score (nSPS) is 14.8. The number of anilines is 1. The minimum Gasteiger partial charge on any atom is -0.383 e. The average molecular weight is 490 g/mol. The summed E-state index contributed by atoms with van der Waals surface area (Å²) < 4.78 is 2.08. The van der Waals surface area contributed by atoms with Gasteiger partial charge in [0.05, 0.1) is 5.56 Å². The van der Waals surface area contributed by atoms with E-state index in [0.717, 1.165) is 59.0 Å².